The number of rotatable bonds is 3. The fourth-order valence-electron chi connectivity index (χ4n) is 1.76. The maximum Gasteiger partial charge on any atom is 0.326 e. The molecule has 92 valence electrons. The van der Waals surface area contributed by atoms with Gasteiger partial charge in [0.25, 0.3) is 5.91 Å². The molecule has 1 aliphatic rings. The van der Waals surface area contributed by atoms with Gasteiger partial charge in [-0.15, -0.1) is 0 Å². The van der Waals surface area contributed by atoms with Gasteiger partial charge in [0.2, 0.25) is 0 Å². The van der Waals surface area contributed by atoms with E-state index < -0.39 is 18.0 Å². The fourth-order valence-corrected chi connectivity index (χ4v) is 1.76. The first-order valence-corrected chi connectivity index (χ1v) is 5.30. The van der Waals surface area contributed by atoms with Gasteiger partial charge in [-0.1, -0.05) is 12.1 Å². The molecule has 1 aromatic rings. The highest BCUT2D eigenvalue weighted by molar-refractivity contribution is 6.04. The molecule has 1 fully saturated rings. The summed E-state index contributed by atoms with van der Waals surface area (Å²) in [5.74, 6) is 0.260. The topological polar surface area (TPSA) is 82.4 Å². The molecule has 6 heteroatoms. The number of nitrogens with one attached hydrogen (secondary N) is 1. The molecule has 1 saturated heterocycles. The van der Waals surface area contributed by atoms with E-state index >= 15 is 0 Å². The van der Waals surface area contributed by atoms with Crippen molar-refractivity contribution >= 4 is 11.9 Å². The lowest BCUT2D eigenvalue weighted by molar-refractivity contribution is -0.127. The molecule has 6 nitrogen and oxygen atoms in total. The van der Waals surface area contributed by atoms with Gasteiger partial charge in [-0.3, -0.25) is 4.79 Å². The summed E-state index contributed by atoms with van der Waals surface area (Å²) in [6.45, 7) is -0.239. The molecule has 3 amide bonds. The minimum Gasteiger partial charge on any atom is -0.497 e. The molecule has 0 spiro atoms. The lowest BCUT2D eigenvalue weighted by atomic mass is 10.1. The first kappa shape index (κ1) is 11.9. The van der Waals surface area contributed by atoms with Crippen molar-refractivity contribution in [3.63, 3.8) is 0 Å². The number of imide groups is 1. The predicted octanol–water partition coefficient (Wildman–Crippen LogP) is 0.812. The lowest BCUT2D eigenvalue weighted by Crippen LogP contribution is -2.31. The van der Waals surface area contributed by atoms with Crippen LogP contribution in [-0.2, 0) is 4.79 Å². The molecule has 1 N–H and O–H groups in total. The first-order valence-electron chi connectivity index (χ1n) is 5.30. The molecular weight excluding hydrogens is 234 g/mol. The van der Waals surface area contributed by atoms with Crippen LogP contribution in [0.15, 0.2) is 24.3 Å². The number of carbonyl (C=O) groups is 2. The van der Waals surface area contributed by atoms with Crippen molar-refractivity contribution in [1.29, 1.82) is 5.26 Å². The number of hydrogen-bond donors (Lipinski definition) is 1. The second kappa shape index (κ2) is 4.75. The molecule has 0 saturated carbocycles. The third kappa shape index (κ3) is 1.98. The molecule has 1 heterocycles. The molecule has 2 rings (SSSR count). The predicted molar refractivity (Wildman–Crippen MR) is 61.6 cm³/mol. The summed E-state index contributed by atoms with van der Waals surface area (Å²) in [6, 6.07) is 7.35. The Labute approximate surface area is 104 Å². The Bertz CT molecular complexity index is 518. The van der Waals surface area contributed by atoms with Crippen LogP contribution in [0.4, 0.5) is 4.79 Å². The van der Waals surface area contributed by atoms with Crippen LogP contribution in [0.2, 0.25) is 0 Å². The SMILES string of the molecule is COc1ccc(C2NC(=O)N(CC#N)C2=O)cc1. The fraction of sp³-hybridized carbons (Fsp3) is 0.250. The Kier molecular flexibility index (Phi) is 3.15. The average molecular weight is 245 g/mol. The van der Waals surface area contributed by atoms with Gasteiger partial charge in [0.15, 0.2) is 0 Å². The van der Waals surface area contributed by atoms with Gasteiger partial charge in [0, 0.05) is 0 Å². The summed E-state index contributed by atoms with van der Waals surface area (Å²) in [5.41, 5.74) is 0.662. The van der Waals surface area contributed by atoms with Crippen molar-refractivity contribution in [2.45, 2.75) is 6.04 Å². The lowest BCUT2D eigenvalue weighted by Gasteiger charge is -2.09. The van der Waals surface area contributed by atoms with Crippen molar-refractivity contribution < 1.29 is 14.3 Å². The van der Waals surface area contributed by atoms with Crippen molar-refractivity contribution in [3.8, 4) is 11.8 Å². The van der Waals surface area contributed by atoms with E-state index in [2.05, 4.69) is 5.32 Å². The Morgan fingerprint density at radius 2 is 2.06 bits per heavy atom. The van der Waals surface area contributed by atoms with E-state index in [4.69, 9.17) is 10.00 Å². The minimum atomic E-state index is -0.725. The zero-order chi connectivity index (χ0) is 13.1. The molecule has 0 aromatic heterocycles. The molecule has 1 aliphatic heterocycles. The smallest absolute Gasteiger partial charge is 0.326 e. The highest BCUT2D eigenvalue weighted by Crippen LogP contribution is 2.23. The normalized spacial score (nSPS) is 18.4. The van der Waals surface area contributed by atoms with Gasteiger partial charge in [0.05, 0.1) is 13.2 Å². The van der Waals surface area contributed by atoms with Crippen LogP contribution >= 0.6 is 0 Å². The van der Waals surface area contributed by atoms with Gasteiger partial charge in [-0.05, 0) is 17.7 Å². The maximum atomic E-state index is 11.9. The van der Waals surface area contributed by atoms with Crippen molar-refractivity contribution in [2.24, 2.45) is 0 Å². The molecule has 0 aliphatic carbocycles. The second-order valence-corrected chi connectivity index (χ2v) is 3.74. The average Bonchev–Trinajstić information content (AvgIpc) is 2.67. The van der Waals surface area contributed by atoms with E-state index in [1.165, 1.54) is 0 Å². The van der Waals surface area contributed by atoms with Crippen molar-refractivity contribution in [2.75, 3.05) is 13.7 Å². The van der Waals surface area contributed by atoms with Crippen LogP contribution in [0.3, 0.4) is 0 Å². The van der Waals surface area contributed by atoms with Crippen molar-refractivity contribution in [1.82, 2.24) is 10.2 Å². The minimum absolute atomic E-state index is 0.239. The van der Waals surface area contributed by atoms with Gasteiger partial charge < -0.3 is 10.1 Å². The molecular formula is C12H11N3O3. The summed E-state index contributed by atoms with van der Waals surface area (Å²) >= 11 is 0. The quantitative estimate of drug-likeness (QED) is 0.631. The number of nitrogens with zero attached hydrogens (tertiary/aromatic N) is 2. The number of hydrogen-bond acceptors (Lipinski definition) is 4. The second-order valence-electron chi connectivity index (χ2n) is 3.74. The van der Waals surface area contributed by atoms with Crippen LogP contribution in [0.1, 0.15) is 11.6 Å². The van der Waals surface area contributed by atoms with Crippen LogP contribution in [0.5, 0.6) is 5.75 Å². The molecule has 18 heavy (non-hydrogen) atoms. The van der Waals surface area contributed by atoms with Crippen LogP contribution in [-0.4, -0.2) is 30.5 Å². The third-order valence-corrected chi connectivity index (χ3v) is 2.70. The summed E-state index contributed by atoms with van der Waals surface area (Å²) in [6.07, 6.45) is 0. The monoisotopic (exact) mass is 245 g/mol. The van der Waals surface area contributed by atoms with E-state index in [1.807, 2.05) is 0 Å². The number of urea groups is 1. The Morgan fingerprint density at radius 3 is 2.61 bits per heavy atom. The Morgan fingerprint density at radius 1 is 1.39 bits per heavy atom. The zero-order valence-corrected chi connectivity index (χ0v) is 9.71. The van der Waals surface area contributed by atoms with Crippen molar-refractivity contribution in [3.05, 3.63) is 29.8 Å². The number of ether oxygens (including phenoxy) is 1. The van der Waals surface area contributed by atoms with Gasteiger partial charge in [-0.25, -0.2) is 9.69 Å². The van der Waals surface area contributed by atoms with Crippen LogP contribution in [0.25, 0.3) is 0 Å². The van der Waals surface area contributed by atoms with E-state index in [0.29, 0.717) is 11.3 Å². The number of nitriles is 1. The highest BCUT2D eigenvalue weighted by atomic mass is 16.5. The summed E-state index contributed by atoms with van der Waals surface area (Å²) in [4.78, 5) is 24.3. The standard InChI is InChI=1S/C12H11N3O3/c1-18-9-4-2-8(3-5-9)10-11(16)15(7-6-13)12(17)14-10/h2-5,10H,7H2,1H3,(H,14,17). The number of carbonyl (C=O) groups excluding carboxylic acids is 2. The number of methoxy groups -OCH3 is 1. The molecule has 1 atom stereocenters. The maximum absolute atomic E-state index is 11.9. The molecule has 0 radical (unpaired) electrons. The molecule has 1 unspecified atom stereocenters. The van der Waals surface area contributed by atoms with Crippen LogP contribution < -0.4 is 10.1 Å². The van der Waals surface area contributed by atoms with E-state index in [9.17, 15) is 9.59 Å². The number of benzene rings is 1. The van der Waals surface area contributed by atoms with Crippen LogP contribution in [0, 0.1) is 11.3 Å². The van der Waals surface area contributed by atoms with Gasteiger partial charge in [-0.2, -0.15) is 5.26 Å². The van der Waals surface area contributed by atoms with E-state index in [1.54, 1.807) is 37.4 Å². The summed E-state index contributed by atoms with van der Waals surface area (Å²) < 4.78 is 5.01. The highest BCUT2D eigenvalue weighted by Gasteiger charge is 2.38. The summed E-state index contributed by atoms with van der Waals surface area (Å²) in [5, 5.41) is 11.1. The number of amides is 3. The molecule has 1 aromatic carbocycles. The summed E-state index contributed by atoms with van der Waals surface area (Å²) in [7, 11) is 1.55. The van der Waals surface area contributed by atoms with E-state index in [-0.39, 0.29) is 6.54 Å². The Balaban J connectivity index is 2.22. The van der Waals surface area contributed by atoms with Gasteiger partial charge in [0.1, 0.15) is 18.3 Å². The molecule has 0 bridgehead atoms. The largest absolute Gasteiger partial charge is 0.497 e. The zero-order valence-electron chi connectivity index (χ0n) is 9.71. The Hall–Kier alpha value is -2.55. The third-order valence-electron chi connectivity index (χ3n) is 2.70. The van der Waals surface area contributed by atoms with Gasteiger partial charge >= 0.3 is 6.03 Å². The first-order chi connectivity index (χ1) is 8.67. The van der Waals surface area contributed by atoms with E-state index in [0.717, 1.165) is 4.90 Å².